The number of likely N-dealkylation sites (N-methyl/N-ethyl adjacent to an activating group) is 1. The molecule has 17 heavy (non-hydrogen) atoms. The molecule has 0 aliphatic heterocycles. The van der Waals surface area contributed by atoms with E-state index in [0.717, 1.165) is 12.2 Å². The lowest BCUT2D eigenvalue weighted by molar-refractivity contribution is -0.144. The zero-order valence-electron chi connectivity index (χ0n) is 10.6. The Morgan fingerprint density at radius 3 is 2.71 bits per heavy atom. The van der Waals surface area contributed by atoms with Crippen LogP contribution in [0, 0.1) is 0 Å². The van der Waals surface area contributed by atoms with Crippen LogP contribution >= 0.6 is 0 Å². The van der Waals surface area contributed by atoms with Crippen LogP contribution in [0.3, 0.4) is 0 Å². The number of rotatable bonds is 5. The van der Waals surface area contributed by atoms with Gasteiger partial charge < -0.3 is 15.4 Å². The smallest absolute Gasteiger partial charge is 0.328 e. The van der Waals surface area contributed by atoms with Gasteiger partial charge in [0.1, 0.15) is 6.04 Å². The number of carbonyl (C=O) groups excluding carboxylic acids is 1. The standard InChI is InChI=1S/C13H20N2O2/c1-4-15(10(3)13(16)17-5-2)12-8-6-7-11(14)9-12/h6-10H,4-5,14H2,1-3H3. The summed E-state index contributed by atoms with van der Waals surface area (Å²) in [5.41, 5.74) is 7.37. The van der Waals surface area contributed by atoms with Crippen LogP contribution in [0.4, 0.5) is 11.4 Å². The van der Waals surface area contributed by atoms with Crippen molar-refractivity contribution in [3.05, 3.63) is 24.3 Å². The van der Waals surface area contributed by atoms with Crippen molar-refractivity contribution in [1.82, 2.24) is 0 Å². The van der Waals surface area contributed by atoms with Crippen LogP contribution in [0.15, 0.2) is 24.3 Å². The van der Waals surface area contributed by atoms with Crippen molar-refractivity contribution in [3.8, 4) is 0 Å². The summed E-state index contributed by atoms with van der Waals surface area (Å²) in [5.74, 6) is -0.211. The minimum atomic E-state index is -0.304. The Kier molecular flexibility index (Phi) is 4.82. The minimum Gasteiger partial charge on any atom is -0.464 e. The normalized spacial score (nSPS) is 11.9. The maximum Gasteiger partial charge on any atom is 0.328 e. The average molecular weight is 236 g/mol. The van der Waals surface area contributed by atoms with Crippen molar-refractivity contribution in [2.24, 2.45) is 0 Å². The third-order valence-electron chi connectivity index (χ3n) is 2.64. The third kappa shape index (κ3) is 3.37. The summed E-state index contributed by atoms with van der Waals surface area (Å²) in [7, 11) is 0. The van der Waals surface area contributed by atoms with Gasteiger partial charge in [0.25, 0.3) is 0 Å². The van der Waals surface area contributed by atoms with Crippen LogP contribution in [-0.2, 0) is 9.53 Å². The molecule has 1 aromatic carbocycles. The molecule has 94 valence electrons. The summed E-state index contributed by atoms with van der Waals surface area (Å²) >= 11 is 0. The van der Waals surface area contributed by atoms with E-state index in [4.69, 9.17) is 10.5 Å². The summed E-state index contributed by atoms with van der Waals surface area (Å²) in [6, 6.07) is 7.20. The van der Waals surface area contributed by atoms with Crippen LogP contribution in [0.25, 0.3) is 0 Å². The highest BCUT2D eigenvalue weighted by atomic mass is 16.5. The van der Waals surface area contributed by atoms with Crippen molar-refractivity contribution in [3.63, 3.8) is 0 Å². The Morgan fingerprint density at radius 1 is 1.47 bits per heavy atom. The lowest BCUT2D eigenvalue weighted by atomic mass is 10.2. The predicted molar refractivity (Wildman–Crippen MR) is 70.0 cm³/mol. The van der Waals surface area contributed by atoms with Crippen LogP contribution in [0.2, 0.25) is 0 Å². The average Bonchev–Trinajstić information content (AvgIpc) is 2.30. The Bertz CT molecular complexity index is 379. The van der Waals surface area contributed by atoms with E-state index < -0.39 is 0 Å². The first kappa shape index (κ1) is 13.4. The van der Waals surface area contributed by atoms with E-state index >= 15 is 0 Å². The number of nitrogens with two attached hydrogens (primary N) is 1. The fourth-order valence-corrected chi connectivity index (χ4v) is 1.77. The molecule has 0 fully saturated rings. The second-order valence-corrected chi connectivity index (χ2v) is 3.81. The molecule has 0 saturated carbocycles. The largest absolute Gasteiger partial charge is 0.464 e. The maximum absolute atomic E-state index is 11.7. The summed E-state index contributed by atoms with van der Waals surface area (Å²) in [4.78, 5) is 13.7. The lowest BCUT2D eigenvalue weighted by Gasteiger charge is -2.28. The molecular weight excluding hydrogens is 216 g/mol. The minimum absolute atomic E-state index is 0.211. The van der Waals surface area contributed by atoms with Gasteiger partial charge in [-0.2, -0.15) is 0 Å². The van der Waals surface area contributed by atoms with Crippen LogP contribution in [0.5, 0.6) is 0 Å². The molecule has 0 radical (unpaired) electrons. The topological polar surface area (TPSA) is 55.6 Å². The van der Waals surface area contributed by atoms with Crippen molar-refractivity contribution in [2.45, 2.75) is 26.8 Å². The molecule has 0 heterocycles. The van der Waals surface area contributed by atoms with E-state index in [1.807, 2.05) is 43.0 Å². The van der Waals surface area contributed by atoms with Gasteiger partial charge in [-0.3, -0.25) is 0 Å². The molecule has 1 atom stereocenters. The highest BCUT2D eigenvalue weighted by Gasteiger charge is 2.21. The number of hydrogen-bond acceptors (Lipinski definition) is 4. The van der Waals surface area contributed by atoms with Crippen LogP contribution in [0.1, 0.15) is 20.8 Å². The SMILES string of the molecule is CCOC(=O)C(C)N(CC)c1cccc(N)c1. The van der Waals surface area contributed by atoms with Gasteiger partial charge in [0.05, 0.1) is 6.61 Å². The molecule has 0 aliphatic carbocycles. The highest BCUT2D eigenvalue weighted by Crippen LogP contribution is 2.20. The molecule has 0 spiro atoms. The van der Waals surface area contributed by atoms with E-state index in [1.54, 1.807) is 6.92 Å². The molecule has 0 saturated heterocycles. The van der Waals surface area contributed by atoms with Gasteiger partial charge in [0.15, 0.2) is 0 Å². The van der Waals surface area contributed by atoms with Gasteiger partial charge in [-0.25, -0.2) is 4.79 Å². The molecule has 4 heteroatoms. The summed E-state index contributed by atoms with van der Waals surface area (Å²) < 4.78 is 5.03. The molecule has 1 rings (SSSR count). The highest BCUT2D eigenvalue weighted by molar-refractivity contribution is 5.80. The first-order valence-electron chi connectivity index (χ1n) is 5.89. The fraction of sp³-hybridized carbons (Fsp3) is 0.462. The number of hydrogen-bond donors (Lipinski definition) is 1. The Morgan fingerprint density at radius 2 is 2.18 bits per heavy atom. The number of nitrogen functional groups attached to an aromatic ring is 1. The zero-order valence-corrected chi connectivity index (χ0v) is 10.6. The number of ether oxygens (including phenoxy) is 1. The van der Waals surface area contributed by atoms with Crippen LogP contribution in [-0.4, -0.2) is 25.2 Å². The predicted octanol–water partition coefficient (Wildman–Crippen LogP) is 2.05. The Balaban J connectivity index is 2.87. The molecule has 0 aliphatic rings. The molecule has 0 aromatic heterocycles. The first-order chi connectivity index (χ1) is 8.10. The van der Waals surface area contributed by atoms with Gasteiger partial charge in [0.2, 0.25) is 0 Å². The number of carbonyl (C=O) groups is 1. The molecule has 4 nitrogen and oxygen atoms in total. The van der Waals surface area contributed by atoms with Crippen molar-refractivity contribution >= 4 is 17.3 Å². The van der Waals surface area contributed by atoms with Crippen molar-refractivity contribution in [2.75, 3.05) is 23.8 Å². The summed E-state index contributed by atoms with van der Waals surface area (Å²) in [6.45, 7) is 6.77. The van der Waals surface area contributed by atoms with Crippen molar-refractivity contribution < 1.29 is 9.53 Å². The van der Waals surface area contributed by atoms with Gasteiger partial charge >= 0.3 is 5.97 Å². The molecule has 0 amide bonds. The van der Waals surface area contributed by atoms with E-state index in [1.165, 1.54) is 0 Å². The fourth-order valence-electron chi connectivity index (χ4n) is 1.77. The second kappa shape index (κ2) is 6.13. The molecule has 0 bridgehead atoms. The van der Waals surface area contributed by atoms with Gasteiger partial charge in [-0.15, -0.1) is 0 Å². The van der Waals surface area contributed by atoms with E-state index in [9.17, 15) is 4.79 Å². The lowest BCUT2D eigenvalue weighted by Crippen LogP contribution is -2.40. The molecular formula is C13H20N2O2. The van der Waals surface area contributed by atoms with Crippen molar-refractivity contribution in [1.29, 1.82) is 0 Å². The molecule has 1 unspecified atom stereocenters. The second-order valence-electron chi connectivity index (χ2n) is 3.81. The molecule has 1 aromatic rings. The van der Waals surface area contributed by atoms with Gasteiger partial charge in [0, 0.05) is 17.9 Å². The number of benzene rings is 1. The quantitative estimate of drug-likeness (QED) is 0.628. The van der Waals surface area contributed by atoms with Crippen LogP contribution < -0.4 is 10.6 Å². The summed E-state index contributed by atoms with van der Waals surface area (Å²) in [6.07, 6.45) is 0. The number of anilines is 2. The summed E-state index contributed by atoms with van der Waals surface area (Å²) in [5, 5.41) is 0. The van der Waals surface area contributed by atoms with Gasteiger partial charge in [-0.1, -0.05) is 6.07 Å². The Hall–Kier alpha value is -1.71. The molecule has 2 N–H and O–H groups in total. The zero-order chi connectivity index (χ0) is 12.8. The maximum atomic E-state index is 11.7. The monoisotopic (exact) mass is 236 g/mol. The first-order valence-corrected chi connectivity index (χ1v) is 5.89. The third-order valence-corrected chi connectivity index (χ3v) is 2.64. The Labute approximate surface area is 102 Å². The van der Waals surface area contributed by atoms with E-state index in [2.05, 4.69) is 0 Å². The number of esters is 1. The van der Waals surface area contributed by atoms with Gasteiger partial charge in [-0.05, 0) is 39.0 Å². The van der Waals surface area contributed by atoms with E-state index in [-0.39, 0.29) is 12.0 Å². The number of nitrogens with zero attached hydrogens (tertiary/aromatic N) is 1. The van der Waals surface area contributed by atoms with E-state index in [0.29, 0.717) is 12.3 Å².